The number of nitrogens with zero attached hydrogens (tertiary/aromatic N) is 1. The Bertz CT molecular complexity index is 522. The van der Waals surface area contributed by atoms with Crippen LogP contribution in [0.5, 0.6) is 0 Å². The molecular formula is C16H21NO3. The molecule has 0 atom stereocenters. The molecule has 0 aliphatic carbocycles. The summed E-state index contributed by atoms with van der Waals surface area (Å²) < 4.78 is 5.54. The van der Waals surface area contributed by atoms with E-state index in [9.17, 15) is 9.59 Å². The van der Waals surface area contributed by atoms with Gasteiger partial charge < -0.3 is 9.64 Å². The molecule has 20 heavy (non-hydrogen) atoms. The average Bonchev–Trinajstić information content (AvgIpc) is 2.64. The molecule has 1 aromatic carbocycles. The van der Waals surface area contributed by atoms with Crippen LogP contribution in [0.2, 0.25) is 0 Å². The van der Waals surface area contributed by atoms with Crippen molar-refractivity contribution >= 4 is 17.4 Å². The van der Waals surface area contributed by atoms with Gasteiger partial charge in [0, 0.05) is 13.2 Å². The number of carbonyl (C=O) groups excluding carboxylic acids is 2. The van der Waals surface area contributed by atoms with Crippen molar-refractivity contribution < 1.29 is 14.3 Å². The number of amides is 1. The molecule has 2 rings (SSSR count). The van der Waals surface area contributed by atoms with Gasteiger partial charge in [0.05, 0.1) is 17.9 Å². The van der Waals surface area contributed by atoms with Crippen molar-refractivity contribution in [2.24, 2.45) is 5.92 Å². The van der Waals surface area contributed by atoms with Gasteiger partial charge in [-0.05, 0) is 30.9 Å². The maximum atomic E-state index is 12.0. The van der Waals surface area contributed by atoms with Crippen LogP contribution in [0.25, 0.3) is 0 Å². The van der Waals surface area contributed by atoms with Crippen molar-refractivity contribution in [1.29, 1.82) is 0 Å². The summed E-state index contributed by atoms with van der Waals surface area (Å²) in [6, 6.07) is 5.43. The molecule has 108 valence electrons. The lowest BCUT2D eigenvalue weighted by Gasteiger charge is -2.18. The highest BCUT2D eigenvalue weighted by atomic mass is 16.5. The van der Waals surface area contributed by atoms with Gasteiger partial charge in [0.1, 0.15) is 0 Å². The fraction of sp³-hybridized carbons (Fsp3) is 0.500. The Labute approximate surface area is 119 Å². The van der Waals surface area contributed by atoms with Crippen molar-refractivity contribution in [1.82, 2.24) is 0 Å². The first kappa shape index (κ1) is 14.7. The number of fused-ring (bicyclic) bond motifs is 1. The minimum Gasteiger partial charge on any atom is -0.380 e. The van der Waals surface area contributed by atoms with Gasteiger partial charge in [-0.2, -0.15) is 0 Å². The number of hydrogen-bond acceptors (Lipinski definition) is 3. The lowest BCUT2D eigenvalue weighted by Crippen LogP contribution is -2.33. The Hall–Kier alpha value is -1.68. The highest BCUT2D eigenvalue weighted by molar-refractivity contribution is 6.52. The average molecular weight is 275 g/mol. The van der Waals surface area contributed by atoms with Gasteiger partial charge in [-0.15, -0.1) is 0 Å². The molecule has 0 saturated carbocycles. The fourth-order valence-corrected chi connectivity index (χ4v) is 2.33. The molecular weight excluding hydrogens is 254 g/mol. The van der Waals surface area contributed by atoms with Crippen LogP contribution in [0.15, 0.2) is 18.2 Å². The van der Waals surface area contributed by atoms with Crippen molar-refractivity contribution in [3.63, 3.8) is 0 Å². The second-order valence-corrected chi connectivity index (χ2v) is 5.55. The third-order valence-electron chi connectivity index (χ3n) is 3.49. The lowest BCUT2D eigenvalue weighted by molar-refractivity contribution is -0.114. The van der Waals surface area contributed by atoms with Gasteiger partial charge in [-0.25, -0.2) is 0 Å². The minimum absolute atomic E-state index is 0.411. The molecule has 1 aromatic rings. The first-order valence-electron chi connectivity index (χ1n) is 7.06. The molecule has 0 unspecified atom stereocenters. The van der Waals surface area contributed by atoms with Crippen LogP contribution in [0.4, 0.5) is 5.69 Å². The highest BCUT2D eigenvalue weighted by Crippen LogP contribution is 2.31. The molecule has 0 bridgehead atoms. The fourth-order valence-electron chi connectivity index (χ4n) is 2.33. The zero-order valence-corrected chi connectivity index (χ0v) is 12.3. The van der Waals surface area contributed by atoms with E-state index < -0.39 is 11.7 Å². The maximum Gasteiger partial charge on any atom is 0.299 e. The van der Waals surface area contributed by atoms with Gasteiger partial charge in [-0.3, -0.25) is 9.59 Å². The van der Waals surface area contributed by atoms with Crippen molar-refractivity contribution in [2.75, 3.05) is 24.7 Å². The van der Waals surface area contributed by atoms with Gasteiger partial charge in [0.2, 0.25) is 0 Å². The van der Waals surface area contributed by atoms with E-state index in [1.165, 1.54) is 0 Å². The summed E-state index contributed by atoms with van der Waals surface area (Å²) in [6.45, 7) is 7.78. The topological polar surface area (TPSA) is 46.6 Å². The standard InChI is InChI=1S/C16H21NO3/c1-11(2)7-9-20-10-8-17-14-12(3)5-4-6-13(14)15(18)16(17)19/h4-6,11H,7-10H2,1-3H3. The van der Waals surface area contributed by atoms with E-state index in [2.05, 4.69) is 13.8 Å². The van der Waals surface area contributed by atoms with Crippen LogP contribution in [0.1, 0.15) is 36.2 Å². The molecule has 4 nitrogen and oxygen atoms in total. The number of ether oxygens (including phenoxy) is 1. The molecule has 1 aliphatic rings. The molecule has 4 heteroatoms. The molecule has 0 radical (unpaired) electrons. The second-order valence-electron chi connectivity index (χ2n) is 5.55. The van der Waals surface area contributed by atoms with E-state index in [4.69, 9.17) is 4.74 Å². The van der Waals surface area contributed by atoms with Crippen LogP contribution >= 0.6 is 0 Å². The molecule has 0 saturated heterocycles. The summed E-state index contributed by atoms with van der Waals surface area (Å²) in [7, 11) is 0. The smallest absolute Gasteiger partial charge is 0.299 e. The quantitative estimate of drug-likeness (QED) is 0.592. The first-order valence-corrected chi connectivity index (χ1v) is 7.06. The normalized spacial score (nSPS) is 14.3. The number of anilines is 1. The highest BCUT2D eigenvalue weighted by Gasteiger charge is 2.36. The Balaban J connectivity index is 1.99. The largest absolute Gasteiger partial charge is 0.380 e. The number of Topliss-reactive ketones (excluding diaryl/α,β-unsaturated/α-hetero) is 1. The lowest BCUT2D eigenvalue weighted by atomic mass is 10.1. The van der Waals surface area contributed by atoms with Crippen molar-refractivity contribution in [3.05, 3.63) is 29.3 Å². The Morgan fingerprint density at radius 2 is 1.95 bits per heavy atom. The Morgan fingerprint density at radius 1 is 1.20 bits per heavy atom. The van der Waals surface area contributed by atoms with E-state index >= 15 is 0 Å². The van der Waals surface area contributed by atoms with Crippen molar-refractivity contribution in [3.8, 4) is 0 Å². The zero-order chi connectivity index (χ0) is 14.7. The number of rotatable bonds is 6. The Kier molecular flexibility index (Phi) is 4.55. The van der Waals surface area contributed by atoms with E-state index in [1.54, 1.807) is 11.0 Å². The van der Waals surface area contributed by atoms with Crippen LogP contribution in [0, 0.1) is 12.8 Å². The molecule has 0 aromatic heterocycles. The summed E-state index contributed by atoms with van der Waals surface area (Å²) in [4.78, 5) is 25.5. The molecule has 0 N–H and O–H groups in total. The van der Waals surface area contributed by atoms with Crippen LogP contribution in [-0.4, -0.2) is 31.4 Å². The summed E-state index contributed by atoms with van der Waals surface area (Å²) in [5.74, 6) is -0.249. The van der Waals surface area contributed by atoms with E-state index in [0.717, 1.165) is 17.7 Å². The maximum absolute atomic E-state index is 12.0. The van der Waals surface area contributed by atoms with E-state index in [0.29, 0.717) is 31.2 Å². The minimum atomic E-state index is -0.443. The van der Waals surface area contributed by atoms with Crippen LogP contribution in [-0.2, 0) is 9.53 Å². The van der Waals surface area contributed by atoms with E-state index in [-0.39, 0.29) is 0 Å². The van der Waals surface area contributed by atoms with Crippen molar-refractivity contribution in [2.45, 2.75) is 27.2 Å². The van der Waals surface area contributed by atoms with Gasteiger partial charge in [0.25, 0.3) is 11.7 Å². The number of benzene rings is 1. The summed E-state index contributed by atoms with van der Waals surface area (Å²) in [6.07, 6.45) is 1.00. The predicted molar refractivity (Wildman–Crippen MR) is 78.1 cm³/mol. The predicted octanol–water partition coefficient (Wildman–Crippen LogP) is 2.59. The van der Waals surface area contributed by atoms with Crippen LogP contribution in [0.3, 0.4) is 0 Å². The monoisotopic (exact) mass is 275 g/mol. The number of carbonyl (C=O) groups is 2. The van der Waals surface area contributed by atoms with Gasteiger partial charge in [0.15, 0.2) is 0 Å². The number of para-hydroxylation sites is 1. The number of hydrogen-bond donors (Lipinski definition) is 0. The number of aryl methyl sites for hydroxylation is 1. The molecule has 1 aliphatic heterocycles. The van der Waals surface area contributed by atoms with Crippen LogP contribution < -0.4 is 4.90 Å². The summed E-state index contributed by atoms with van der Waals surface area (Å²) >= 11 is 0. The molecule has 0 spiro atoms. The zero-order valence-electron chi connectivity index (χ0n) is 12.3. The van der Waals surface area contributed by atoms with Gasteiger partial charge in [-0.1, -0.05) is 26.0 Å². The Morgan fingerprint density at radius 3 is 2.65 bits per heavy atom. The second kappa shape index (κ2) is 6.18. The molecule has 1 amide bonds. The molecule has 1 heterocycles. The summed E-state index contributed by atoms with van der Waals surface area (Å²) in [5, 5.41) is 0. The third kappa shape index (κ3) is 2.90. The summed E-state index contributed by atoms with van der Waals surface area (Å²) in [5.41, 5.74) is 2.20. The first-order chi connectivity index (χ1) is 9.52. The molecule has 0 fully saturated rings. The van der Waals surface area contributed by atoms with Gasteiger partial charge >= 0.3 is 0 Å². The SMILES string of the molecule is Cc1cccc2c1N(CCOCCC(C)C)C(=O)C2=O. The third-order valence-corrected chi connectivity index (χ3v) is 3.49. The van der Waals surface area contributed by atoms with E-state index in [1.807, 2.05) is 19.1 Å². The number of ketones is 1.